The number of benzene rings is 2. The molecule has 2 aromatic carbocycles. The van der Waals surface area contributed by atoms with Crippen molar-refractivity contribution in [3.05, 3.63) is 82.3 Å². The van der Waals surface area contributed by atoms with Crippen molar-refractivity contribution in [1.29, 1.82) is 0 Å². The summed E-state index contributed by atoms with van der Waals surface area (Å²) < 4.78 is 13.0. The Bertz CT molecular complexity index is 909. The maximum absolute atomic E-state index is 13.0. The first-order valence-corrected chi connectivity index (χ1v) is 9.63. The number of amides is 1. The summed E-state index contributed by atoms with van der Waals surface area (Å²) in [6.45, 7) is 1.95. The summed E-state index contributed by atoms with van der Waals surface area (Å²) in [6.07, 6.45) is 0. The maximum atomic E-state index is 13.0. The fraction of sp³-hybridized carbons (Fsp3) is 0.100. The molecule has 0 saturated heterocycles. The van der Waals surface area contributed by atoms with Gasteiger partial charge in [-0.3, -0.25) is 4.79 Å². The average Bonchev–Trinajstić information content (AvgIpc) is 3.18. The number of nitrogens with one attached hydrogen (secondary N) is 3. The first kappa shape index (κ1) is 19.0. The Balaban J connectivity index is 1.53. The molecule has 0 aliphatic heterocycles. The Morgan fingerprint density at radius 1 is 1.00 bits per heavy atom. The highest BCUT2D eigenvalue weighted by atomic mass is 32.1. The molecule has 1 atom stereocenters. The van der Waals surface area contributed by atoms with Crippen LogP contribution in [0.1, 0.15) is 28.9 Å². The van der Waals surface area contributed by atoms with Crippen LogP contribution in [0, 0.1) is 5.82 Å². The minimum Gasteiger partial charge on any atom is -0.356 e. The number of carbonyl (C=O) groups is 1. The van der Waals surface area contributed by atoms with Gasteiger partial charge in [-0.2, -0.15) is 11.3 Å². The number of halogens is 1. The van der Waals surface area contributed by atoms with Crippen LogP contribution in [0.3, 0.4) is 0 Å². The zero-order valence-corrected chi connectivity index (χ0v) is 16.2. The number of carbonyl (C=O) groups excluding carboxylic acids is 1. The summed E-state index contributed by atoms with van der Waals surface area (Å²) in [5, 5.41) is 13.2. The van der Waals surface area contributed by atoms with Crippen molar-refractivity contribution in [2.75, 3.05) is 10.6 Å². The lowest BCUT2D eigenvalue weighted by Crippen LogP contribution is -2.30. The standard InChI is InChI=1S/C20H18FN3OS2/c1-13(14-2-4-16(21)5-3-14)22-20(26)24-18-8-6-17(7-9-18)23-19(25)15-10-11-27-12-15/h2-13H,1H3,(H,23,25)(H2,22,24,26). The lowest BCUT2D eigenvalue weighted by Gasteiger charge is -2.17. The van der Waals surface area contributed by atoms with Crippen LogP contribution in [0.5, 0.6) is 0 Å². The van der Waals surface area contributed by atoms with E-state index in [2.05, 4.69) is 16.0 Å². The highest BCUT2D eigenvalue weighted by molar-refractivity contribution is 7.80. The van der Waals surface area contributed by atoms with Crippen molar-refractivity contribution < 1.29 is 9.18 Å². The molecule has 0 saturated carbocycles. The molecule has 4 nitrogen and oxygen atoms in total. The summed E-state index contributed by atoms with van der Waals surface area (Å²) in [6, 6.07) is 15.3. The Labute approximate surface area is 166 Å². The summed E-state index contributed by atoms with van der Waals surface area (Å²) in [5.74, 6) is -0.403. The lowest BCUT2D eigenvalue weighted by molar-refractivity contribution is 0.102. The quantitative estimate of drug-likeness (QED) is 0.517. The first-order valence-electron chi connectivity index (χ1n) is 8.28. The van der Waals surface area contributed by atoms with E-state index in [0.29, 0.717) is 16.4 Å². The Morgan fingerprint density at radius 3 is 2.22 bits per heavy atom. The van der Waals surface area contributed by atoms with Crippen LogP contribution in [0.25, 0.3) is 0 Å². The van der Waals surface area contributed by atoms with Gasteiger partial charge in [0.15, 0.2) is 5.11 Å². The topological polar surface area (TPSA) is 53.2 Å². The van der Waals surface area contributed by atoms with Gasteiger partial charge in [0, 0.05) is 16.8 Å². The fourth-order valence-electron chi connectivity index (χ4n) is 2.43. The monoisotopic (exact) mass is 399 g/mol. The largest absolute Gasteiger partial charge is 0.356 e. The molecule has 27 heavy (non-hydrogen) atoms. The van der Waals surface area contributed by atoms with Crippen LogP contribution in [-0.2, 0) is 0 Å². The van der Waals surface area contributed by atoms with Gasteiger partial charge in [-0.1, -0.05) is 12.1 Å². The van der Waals surface area contributed by atoms with Gasteiger partial charge in [-0.25, -0.2) is 4.39 Å². The number of rotatable bonds is 5. The highest BCUT2D eigenvalue weighted by Gasteiger charge is 2.08. The van der Waals surface area contributed by atoms with Crippen LogP contribution < -0.4 is 16.0 Å². The van der Waals surface area contributed by atoms with Gasteiger partial charge in [0.2, 0.25) is 0 Å². The molecule has 1 aromatic heterocycles. The average molecular weight is 400 g/mol. The summed E-state index contributed by atoms with van der Waals surface area (Å²) >= 11 is 6.81. The molecule has 1 unspecified atom stereocenters. The number of hydrogen-bond donors (Lipinski definition) is 3. The summed E-state index contributed by atoms with van der Waals surface area (Å²) in [7, 11) is 0. The van der Waals surface area contributed by atoms with Gasteiger partial charge in [-0.15, -0.1) is 0 Å². The molecule has 0 aliphatic rings. The molecule has 1 amide bonds. The second-order valence-electron chi connectivity index (χ2n) is 5.92. The number of hydrogen-bond acceptors (Lipinski definition) is 3. The molecule has 138 valence electrons. The molecule has 7 heteroatoms. The number of thiophene rings is 1. The van der Waals surface area contributed by atoms with Crippen molar-refractivity contribution in [3.63, 3.8) is 0 Å². The van der Waals surface area contributed by atoms with E-state index < -0.39 is 0 Å². The predicted molar refractivity (Wildman–Crippen MR) is 113 cm³/mol. The maximum Gasteiger partial charge on any atom is 0.256 e. The molecule has 3 N–H and O–H groups in total. The van der Waals surface area contributed by atoms with E-state index in [1.165, 1.54) is 23.5 Å². The second-order valence-corrected chi connectivity index (χ2v) is 7.10. The van der Waals surface area contributed by atoms with Crippen LogP contribution in [0.15, 0.2) is 65.4 Å². The highest BCUT2D eigenvalue weighted by Crippen LogP contribution is 2.17. The van der Waals surface area contributed by atoms with E-state index in [4.69, 9.17) is 12.2 Å². The van der Waals surface area contributed by atoms with Crippen molar-refractivity contribution in [3.8, 4) is 0 Å². The predicted octanol–water partition coefficient (Wildman–Crippen LogP) is 5.19. The van der Waals surface area contributed by atoms with Crippen LogP contribution >= 0.6 is 23.6 Å². The van der Waals surface area contributed by atoms with Crippen molar-refractivity contribution in [2.45, 2.75) is 13.0 Å². The molecule has 0 bridgehead atoms. The fourth-order valence-corrected chi connectivity index (χ4v) is 3.36. The van der Waals surface area contributed by atoms with Gasteiger partial charge in [-0.05, 0) is 72.5 Å². The molecule has 0 fully saturated rings. The Morgan fingerprint density at radius 2 is 1.63 bits per heavy atom. The molecule has 0 aliphatic carbocycles. The van der Waals surface area contributed by atoms with E-state index in [1.54, 1.807) is 35.7 Å². The molecule has 0 radical (unpaired) electrons. The zero-order valence-electron chi connectivity index (χ0n) is 14.5. The van der Waals surface area contributed by atoms with E-state index in [0.717, 1.165) is 11.3 Å². The third kappa shape index (κ3) is 5.35. The third-order valence-corrected chi connectivity index (χ3v) is 4.80. The second kappa shape index (κ2) is 8.75. The van der Waals surface area contributed by atoms with Crippen LogP contribution in [-0.4, -0.2) is 11.0 Å². The smallest absolute Gasteiger partial charge is 0.256 e. The molecule has 3 aromatic rings. The van der Waals surface area contributed by atoms with Gasteiger partial charge in [0.25, 0.3) is 5.91 Å². The summed E-state index contributed by atoms with van der Waals surface area (Å²) in [5.41, 5.74) is 3.08. The molecule has 0 spiro atoms. The minimum absolute atomic E-state index is 0.0604. The lowest BCUT2D eigenvalue weighted by atomic mass is 10.1. The van der Waals surface area contributed by atoms with Gasteiger partial charge >= 0.3 is 0 Å². The Hall–Kier alpha value is -2.77. The first-order chi connectivity index (χ1) is 13.0. The normalized spacial score (nSPS) is 11.5. The van der Waals surface area contributed by atoms with Crippen molar-refractivity contribution >= 4 is 45.9 Å². The van der Waals surface area contributed by atoms with Gasteiger partial charge < -0.3 is 16.0 Å². The van der Waals surface area contributed by atoms with E-state index in [-0.39, 0.29) is 17.8 Å². The van der Waals surface area contributed by atoms with Crippen molar-refractivity contribution in [1.82, 2.24) is 5.32 Å². The SMILES string of the molecule is CC(NC(=S)Nc1ccc(NC(=O)c2ccsc2)cc1)c1ccc(F)cc1. The molecular weight excluding hydrogens is 381 g/mol. The number of anilines is 2. The van der Waals surface area contributed by atoms with E-state index in [9.17, 15) is 9.18 Å². The van der Waals surface area contributed by atoms with Crippen LogP contribution in [0.2, 0.25) is 0 Å². The molecule has 3 rings (SSSR count). The van der Waals surface area contributed by atoms with Gasteiger partial charge in [0.05, 0.1) is 11.6 Å². The van der Waals surface area contributed by atoms with Gasteiger partial charge in [0.1, 0.15) is 5.82 Å². The van der Waals surface area contributed by atoms with Crippen LogP contribution in [0.4, 0.5) is 15.8 Å². The molecular formula is C20H18FN3OS2. The molecule has 1 heterocycles. The third-order valence-electron chi connectivity index (χ3n) is 3.90. The minimum atomic E-state index is -0.266. The van der Waals surface area contributed by atoms with E-state index >= 15 is 0 Å². The Kier molecular flexibility index (Phi) is 6.16. The number of thiocarbonyl (C=S) groups is 1. The van der Waals surface area contributed by atoms with E-state index in [1.807, 2.05) is 24.4 Å². The zero-order chi connectivity index (χ0) is 19.2. The van der Waals surface area contributed by atoms with Crippen molar-refractivity contribution in [2.24, 2.45) is 0 Å². The summed E-state index contributed by atoms with van der Waals surface area (Å²) in [4.78, 5) is 12.0.